The standard InChI is InChI=1S/C15H14I2/c1-2-11-6-8-12(9-7-11)14-5-3-4-13(10-16)15(14)17/h3-9H,2,10H2,1H3. The normalized spacial score (nSPS) is 10.5. The summed E-state index contributed by atoms with van der Waals surface area (Å²) in [5, 5.41) is 0. The van der Waals surface area contributed by atoms with E-state index in [9.17, 15) is 0 Å². The van der Waals surface area contributed by atoms with Crippen LogP contribution >= 0.6 is 45.2 Å². The van der Waals surface area contributed by atoms with Crippen LogP contribution < -0.4 is 0 Å². The zero-order valence-corrected chi connectivity index (χ0v) is 14.0. The highest BCUT2D eigenvalue weighted by atomic mass is 127. The first-order valence-corrected chi connectivity index (χ1v) is 8.29. The largest absolute Gasteiger partial charge is 0.0811 e. The van der Waals surface area contributed by atoms with Gasteiger partial charge in [0.25, 0.3) is 0 Å². The summed E-state index contributed by atoms with van der Waals surface area (Å²) in [5.74, 6) is 0. The fourth-order valence-electron chi connectivity index (χ4n) is 1.83. The molecule has 0 spiro atoms. The Kier molecular flexibility index (Phi) is 4.85. The zero-order valence-electron chi connectivity index (χ0n) is 9.71. The molecule has 0 aliphatic carbocycles. The molecule has 0 N–H and O–H groups in total. The van der Waals surface area contributed by atoms with Crippen LogP contribution in [-0.2, 0) is 10.8 Å². The van der Waals surface area contributed by atoms with Crippen molar-refractivity contribution in [2.24, 2.45) is 0 Å². The molecule has 2 aromatic rings. The van der Waals surface area contributed by atoms with Gasteiger partial charge in [0.05, 0.1) is 0 Å². The van der Waals surface area contributed by atoms with Crippen molar-refractivity contribution >= 4 is 45.2 Å². The second-order valence-corrected chi connectivity index (χ2v) is 5.80. The van der Waals surface area contributed by atoms with Crippen LogP contribution in [0, 0.1) is 3.57 Å². The lowest BCUT2D eigenvalue weighted by Gasteiger charge is -2.09. The Labute approximate surface area is 130 Å². The summed E-state index contributed by atoms with van der Waals surface area (Å²) in [5.41, 5.74) is 5.48. The Balaban J connectivity index is 2.45. The third-order valence-corrected chi connectivity index (χ3v) is 4.99. The van der Waals surface area contributed by atoms with Gasteiger partial charge in [0.1, 0.15) is 0 Å². The molecule has 17 heavy (non-hydrogen) atoms. The summed E-state index contributed by atoms with van der Waals surface area (Å²) in [6.07, 6.45) is 1.10. The van der Waals surface area contributed by atoms with E-state index in [0.717, 1.165) is 10.8 Å². The second kappa shape index (κ2) is 6.18. The maximum Gasteiger partial charge on any atom is 0.0257 e. The van der Waals surface area contributed by atoms with E-state index >= 15 is 0 Å². The van der Waals surface area contributed by atoms with Crippen LogP contribution in [0.3, 0.4) is 0 Å². The zero-order chi connectivity index (χ0) is 12.3. The van der Waals surface area contributed by atoms with Crippen LogP contribution in [0.2, 0.25) is 0 Å². The summed E-state index contributed by atoms with van der Waals surface area (Å²) < 4.78 is 2.44. The molecule has 88 valence electrons. The van der Waals surface area contributed by atoms with Crippen molar-refractivity contribution in [2.45, 2.75) is 17.8 Å². The number of hydrogen-bond acceptors (Lipinski definition) is 0. The molecule has 2 rings (SSSR count). The molecule has 0 aliphatic heterocycles. The SMILES string of the molecule is CCc1ccc(-c2cccc(CI)c2I)cc1. The van der Waals surface area contributed by atoms with E-state index in [1.807, 2.05) is 0 Å². The Morgan fingerprint density at radius 1 is 1.00 bits per heavy atom. The Hall–Kier alpha value is -0.100. The Morgan fingerprint density at radius 2 is 1.71 bits per heavy atom. The highest BCUT2D eigenvalue weighted by Gasteiger charge is 2.06. The highest BCUT2D eigenvalue weighted by molar-refractivity contribution is 14.1. The fourth-order valence-corrected chi connectivity index (χ4v) is 4.05. The molecule has 0 saturated carbocycles. The van der Waals surface area contributed by atoms with Gasteiger partial charge in [0.2, 0.25) is 0 Å². The minimum atomic E-state index is 1.07. The quantitative estimate of drug-likeness (QED) is 0.433. The molecule has 0 fully saturated rings. The van der Waals surface area contributed by atoms with Crippen LogP contribution in [0.25, 0.3) is 11.1 Å². The van der Waals surface area contributed by atoms with Crippen LogP contribution in [0.4, 0.5) is 0 Å². The van der Waals surface area contributed by atoms with E-state index in [1.165, 1.54) is 25.8 Å². The maximum absolute atomic E-state index is 2.46. The van der Waals surface area contributed by atoms with E-state index < -0.39 is 0 Å². The molecule has 0 nitrogen and oxygen atoms in total. The lowest BCUT2D eigenvalue weighted by molar-refractivity contribution is 1.14. The molecule has 0 saturated heterocycles. The van der Waals surface area contributed by atoms with Crippen LogP contribution in [0.1, 0.15) is 18.1 Å². The molecule has 0 atom stereocenters. The first-order valence-electron chi connectivity index (χ1n) is 5.69. The topological polar surface area (TPSA) is 0 Å². The van der Waals surface area contributed by atoms with E-state index in [0.29, 0.717) is 0 Å². The molecule has 2 heteroatoms. The van der Waals surface area contributed by atoms with Gasteiger partial charge in [-0.05, 0) is 51.3 Å². The molecule has 0 unspecified atom stereocenters. The summed E-state index contributed by atoms with van der Waals surface area (Å²) in [6.45, 7) is 2.19. The van der Waals surface area contributed by atoms with Crippen molar-refractivity contribution in [2.75, 3.05) is 0 Å². The Morgan fingerprint density at radius 3 is 2.29 bits per heavy atom. The van der Waals surface area contributed by atoms with Crippen LogP contribution in [0.15, 0.2) is 42.5 Å². The second-order valence-electron chi connectivity index (χ2n) is 3.96. The smallest absolute Gasteiger partial charge is 0.0257 e. The monoisotopic (exact) mass is 448 g/mol. The van der Waals surface area contributed by atoms with Crippen molar-refractivity contribution in [1.82, 2.24) is 0 Å². The van der Waals surface area contributed by atoms with Gasteiger partial charge in [-0.15, -0.1) is 0 Å². The first kappa shape index (κ1) is 13.3. The molecular weight excluding hydrogens is 434 g/mol. The van der Waals surface area contributed by atoms with Crippen molar-refractivity contribution in [3.63, 3.8) is 0 Å². The van der Waals surface area contributed by atoms with Gasteiger partial charge >= 0.3 is 0 Å². The summed E-state index contributed by atoms with van der Waals surface area (Å²) in [7, 11) is 0. The van der Waals surface area contributed by atoms with E-state index in [1.54, 1.807) is 0 Å². The third kappa shape index (κ3) is 3.02. The van der Waals surface area contributed by atoms with Crippen molar-refractivity contribution in [1.29, 1.82) is 0 Å². The maximum atomic E-state index is 2.46. The molecule has 0 aromatic heterocycles. The Bertz CT molecular complexity index is 501. The van der Waals surface area contributed by atoms with Gasteiger partial charge in [-0.2, -0.15) is 0 Å². The molecule has 0 radical (unpaired) electrons. The third-order valence-electron chi connectivity index (χ3n) is 2.90. The molecule has 0 heterocycles. The van der Waals surface area contributed by atoms with Gasteiger partial charge in [-0.25, -0.2) is 0 Å². The molecule has 2 aromatic carbocycles. The van der Waals surface area contributed by atoms with Crippen molar-refractivity contribution < 1.29 is 0 Å². The van der Waals surface area contributed by atoms with Crippen molar-refractivity contribution in [3.8, 4) is 11.1 Å². The lowest BCUT2D eigenvalue weighted by Crippen LogP contribution is -1.89. The number of aryl methyl sites for hydroxylation is 1. The van der Waals surface area contributed by atoms with Crippen LogP contribution in [-0.4, -0.2) is 0 Å². The average Bonchev–Trinajstić information content (AvgIpc) is 2.39. The molecular formula is C15H14I2. The van der Waals surface area contributed by atoms with E-state index in [-0.39, 0.29) is 0 Å². The number of rotatable bonds is 3. The van der Waals surface area contributed by atoms with Gasteiger partial charge in [-0.1, -0.05) is 72.0 Å². The molecule has 0 aliphatic rings. The minimum absolute atomic E-state index is 1.07. The molecule has 0 bridgehead atoms. The highest BCUT2D eigenvalue weighted by Crippen LogP contribution is 2.29. The van der Waals surface area contributed by atoms with Gasteiger partial charge in [0.15, 0.2) is 0 Å². The summed E-state index contributed by atoms with van der Waals surface area (Å²) in [4.78, 5) is 0. The number of halogens is 2. The van der Waals surface area contributed by atoms with Crippen LogP contribution in [0.5, 0.6) is 0 Å². The molecule has 0 amide bonds. The summed E-state index contributed by atoms with van der Waals surface area (Å²) in [6, 6.07) is 15.5. The predicted octanol–water partition coefficient (Wildman–Crippen LogP) is 5.46. The van der Waals surface area contributed by atoms with Crippen molar-refractivity contribution in [3.05, 3.63) is 57.2 Å². The van der Waals surface area contributed by atoms with Gasteiger partial charge in [-0.3, -0.25) is 0 Å². The fraction of sp³-hybridized carbons (Fsp3) is 0.200. The first-order chi connectivity index (χ1) is 8.26. The lowest BCUT2D eigenvalue weighted by atomic mass is 10.0. The van der Waals surface area contributed by atoms with Gasteiger partial charge < -0.3 is 0 Å². The minimum Gasteiger partial charge on any atom is -0.0811 e. The number of benzene rings is 2. The summed E-state index contributed by atoms with van der Waals surface area (Å²) >= 11 is 4.88. The predicted molar refractivity (Wildman–Crippen MR) is 91.7 cm³/mol. The number of hydrogen-bond donors (Lipinski definition) is 0. The van der Waals surface area contributed by atoms with Gasteiger partial charge in [0, 0.05) is 8.00 Å². The van der Waals surface area contributed by atoms with E-state index in [2.05, 4.69) is 94.6 Å². The average molecular weight is 448 g/mol. The van der Waals surface area contributed by atoms with E-state index in [4.69, 9.17) is 0 Å². The number of alkyl halides is 1.